The standard InChI is InChI=1S/C21H25.C13H10.C9H13.Zr/c1-20(2,3)16-7-9-18-14(12-16)11-15-13-17(21(4,5)6)8-10-19(15)18;1-3-7-12(8-4-1)11-13-9-5-2-6-10-13;1-3-8-6-5-7-9(8)4-2;/h7-13H,1-6H3;1-10H;6H,3-4,7H2,1-2H3;/q-1;;-1;+2. The van der Waals surface area contributed by atoms with Crippen LogP contribution in [-0.4, -0.2) is 3.21 Å². The molecule has 44 heavy (non-hydrogen) atoms. The summed E-state index contributed by atoms with van der Waals surface area (Å²) < 4.78 is 1.42. The Morgan fingerprint density at radius 2 is 1.11 bits per heavy atom. The third-order valence-corrected chi connectivity index (χ3v) is 9.83. The van der Waals surface area contributed by atoms with E-state index in [1.807, 2.05) is 0 Å². The van der Waals surface area contributed by atoms with E-state index in [-0.39, 0.29) is 10.8 Å². The van der Waals surface area contributed by atoms with E-state index in [2.05, 4.69) is 171 Å². The quantitative estimate of drug-likeness (QED) is 0.169. The second-order valence-corrected chi connectivity index (χ2v) is 14.9. The van der Waals surface area contributed by atoms with Crippen molar-refractivity contribution in [1.82, 2.24) is 0 Å². The summed E-state index contributed by atoms with van der Waals surface area (Å²) in [6.07, 6.45) is 8.82. The summed E-state index contributed by atoms with van der Waals surface area (Å²) in [5, 5.41) is 5.48. The molecule has 0 fully saturated rings. The van der Waals surface area contributed by atoms with Gasteiger partial charge in [0.25, 0.3) is 0 Å². The minimum atomic E-state index is 0.203. The molecule has 1 heteroatoms. The molecule has 0 bridgehead atoms. The summed E-state index contributed by atoms with van der Waals surface area (Å²) >= 11 is 1.46. The summed E-state index contributed by atoms with van der Waals surface area (Å²) in [4.78, 5) is 0. The van der Waals surface area contributed by atoms with Gasteiger partial charge in [0, 0.05) is 0 Å². The molecule has 1 aliphatic carbocycles. The summed E-state index contributed by atoms with van der Waals surface area (Å²) in [6.45, 7) is 18.1. The van der Waals surface area contributed by atoms with Gasteiger partial charge in [0.2, 0.25) is 0 Å². The monoisotopic (exact) mass is 654 g/mol. The Morgan fingerprint density at radius 3 is 1.48 bits per heavy atom. The molecule has 0 spiro atoms. The molecule has 0 aromatic heterocycles. The van der Waals surface area contributed by atoms with Crippen molar-refractivity contribution in [2.24, 2.45) is 0 Å². The van der Waals surface area contributed by atoms with Gasteiger partial charge in [-0.15, -0.1) is 46.2 Å². The van der Waals surface area contributed by atoms with E-state index in [1.165, 1.54) is 89.7 Å². The van der Waals surface area contributed by atoms with Crippen molar-refractivity contribution >= 4 is 24.8 Å². The van der Waals surface area contributed by atoms with Crippen molar-refractivity contribution < 1.29 is 24.2 Å². The molecule has 0 aliphatic heterocycles. The maximum absolute atomic E-state index is 3.23. The van der Waals surface area contributed by atoms with Gasteiger partial charge in [0.15, 0.2) is 0 Å². The van der Waals surface area contributed by atoms with Crippen LogP contribution in [0, 0.1) is 6.08 Å². The zero-order valence-corrected chi connectivity index (χ0v) is 30.5. The van der Waals surface area contributed by atoms with Crippen LogP contribution in [0.4, 0.5) is 0 Å². The van der Waals surface area contributed by atoms with E-state index >= 15 is 0 Å². The SMILES string of the molecule is CC(C)(C)c1ccc2c(c1)[cH-]c1cc(C(C)(C)C)ccc12.CCC1=C(CC)C[C-]=C1.[Zr+2]=[C](c1ccccc1)c1ccccc1. The maximum atomic E-state index is 3.23. The van der Waals surface area contributed by atoms with Gasteiger partial charge in [-0.3, -0.25) is 6.08 Å². The number of allylic oxidation sites excluding steroid dienone is 4. The van der Waals surface area contributed by atoms with Crippen LogP contribution < -0.4 is 0 Å². The number of rotatable bonds is 4. The third-order valence-electron chi connectivity index (χ3n) is 8.41. The molecule has 6 rings (SSSR count). The Morgan fingerprint density at radius 1 is 0.659 bits per heavy atom. The van der Waals surface area contributed by atoms with Gasteiger partial charge in [0.05, 0.1) is 0 Å². The molecule has 5 aromatic carbocycles. The Balaban J connectivity index is 0.000000165. The molecule has 0 saturated carbocycles. The van der Waals surface area contributed by atoms with Gasteiger partial charge < -0.3 is 0 Å². The number of hydrogen-bond donors (Lipinski definition) is 0. The van der Waals surface area contributed by atoms with Crippen molar-refractivity contribution in [3.8, 4) is 0 Å². The first-order chi connectivity index (χ1) is 20.9. The Bertz CT molecular complexity index is 1640. The van der Waals surface area contributed by atoms with Crippen LogP contribution >= 0.6 is 0 Å². The normalized spacial score (nSPS) is 13.0. The molecule has 0 radical (unpaired) electrons. The molecule has 0 amide bonds. The van der Waals surface area contributed by atoms with Crippen LogP contribution in [0.5, 0.6) is 0 Å². The van der Waals surface area contributed by atoms with E-state index < -0.39 is 0 Å². The summed E-state index contributed by atoms with van der Waals surface area (Å²) in [6, 6.07) is 37.3. The molecule has 0 unspecified atom stereocenters. The van der Waals surface area contributed by atoms with Crippen molar-refractivity contribution in [3.05, 3.63) is 149 Å². The van der Waals surface area contributed by atoms with E-state index in [9.17, 15) is 0 Å². The van der Waals surface area contributed by atoms with Gasteiger partial charge in [-0.05, 0) is 10.8 Å². The molecular formula is C43H48Zr. The van der Waals surface area contributed by atoms with Gasteiger partial charge in [-0.2, -0.15) is 11.1 Å². The minimum absolute atomic E-state index is 0.203. The van der Waals surface area contributed by atoms with Gasteiger partial charge in [-0.25, -0.2) is 6.08 Å². The topological polar surface area (TPSA) is 0 Å². The van der Waals surface area contributed by atoms with Crippen molar-refractivity contribution in [3.63, 3.8) is 0 Å². The predicted octanol–water partition coefficient (Wildman–Crippen LogP) is 12.0. The van der Waals surface area contributed by atoms with Crippen molar-refractivity contribution in [2.75, 3.05) is 0 Å². The second kappa shape index (κ2) is 14.8. The first-order valence-corrected chi connectivity index (χ1v) is 17.3. The van der Waals surface area contributed by atoms with Crippen LogP contribution in [0.3, 0.4) is 0 Å². The Hall–Kier alpha value is -3.02. The van der Waals surface area contributed by atoms with E-state index in [1.54, 1.807) is 5.57 Å². The molecule has 224 valence electrons. The van der Waals surface area contributed by atoms with Crippen LogP contribution in [0.15, 0.2) is 120 Å². The molecule has 0 nitrogen and oxygen atoms in total. The van der Waals surface area contributed by atoms with Crippen molar-refractivity contribution in [1.29, 1.82) is 0 Å². The molecule has 0 saturated heterocycles. The molecule has 1 aliphatic rings. The average Bonchev–Trinajstić information content (AvgIpc) is 3.64. The van der Waals surface area contributed by atoms with Crippen LogP contribution in [0.25, 0.3) is 21.5 Å². The Labute approximate surface area is 281 Å². The molecule has 0 atom stereocenters. The zero-order valence-electron chi connectivity index (χ0n) is 28.0. The summed E-state index contributed by atoms with van der Waals surface area (Å²) in [7, 11) is 0. The van der Waals surface area contributed by atoms with Gasteiger partial charge >= 0.3 is 99.2 Å². The van der Waals surface area contributed by atoms with Crippen LogP contribution in [0.1, 0.15) is 96.9 Å². The fourth-order valence-electron chi connectivity index (χ4n) is 5.55. The van der Waals surface area contributed by atoms with Crippen LogP contribution in [0.2, 0.25) is 0 Å². The number of hydrogen-bond acceptors (Lipinski definition) is 0. The van der Waals surface area contributed by atoms with Gasteiger partial charge in [-0.1, -0.05) is 104 Å². The zero-order chi connectivity index (χ0) is 31.9. The first kappa shape index (κ1) is 33.9. The van der Waals surface area contributed by atoms with E-state index in [0.717, 1.165) is 6.42 Å². The third kappa shape index (κ3) is 8.58. The summed E-state index contributed by atoms with van der Waals surface area (Å²) in [5.41, 5.74) is 8.97. The van der Waals surface area contributed by atoms with Crippen molar-refractivity contribution in [2.45, 2.75) is 85.5 Å². The van der Waals surface area contributed by atoms with Crippen LogP contribution in [-0.2, 0) is 35.1 Å². The van der Waals surface area contributed by atoms with E-state index in [4.69, 9.17) is 0 Å². The fourth-order valence-corrected chi connectivity index (χ4v) is 6.37. The fraction of sp³-hybridized carbons (Fsp3) is 0.302. The molecular weight excluding hydrogens is 608 g/mol. The Kier molecular flexibility index (Phi) is 11.4. The average molecular weight is 656 g/mol. The van der Waals surface area contributed by atoms with E-state index in [0.29, 0.717) is 0 Å². The molecule has 5 aromatic rings. The van der Waals surface area contributed by atoms with Gasteiger partial charge in [0.1, 0.15) is 0 Å². The number of benzene rings is 4. The molecule has 0 heterocycles. The summed E-state index contributed by atoms with van der Waals surface area (Å²) in [5.74, 6) is 0. The number of fused-ring (bicyclic) bond motifs is 3. The second-order valence-electron chi connectivity index (χ2n) is 13.7. The first-order valence-electron chi connectivity index (χ1n) is 16.0. The predicted molar refractivity (Wildman–Crippen MR) is 191 cm³/mol. The molecule has 0 N–H and O–H groups in total.